The van der Waals surface area contributed by atoms with Crippen molar-refractivity contribution in [3.63, 3.8) is 0 Å². The largest absolute Gasteiger partial charge is 0.345 e. The summed E-state index contributed by atoms with van der Waals surface area (Å²) < 4.78 is 30.5. The molecule has 1 aromatic carbocycles. The van der Waals surface area contributed by atoms with Crippen LogP contribution in [0.15, 0.2) is 78.3 Å². The summed E-state index contributed by atoms with van der Waals surface area (Å²) in [5.74, 6) is 0.00832. The number of benzene rings is 1. The van der Waals surface area contributed by atoms with E-state index in [0.29, 0.717) is 40.8 Å². The van der Waals surface area contributed by atoms with Crippen LogP contribution in [-0.4, -0.2) is 91.3 Å². The summed E-state index contributed by atoms with van der Waals surface area (Å²) in [4.78, 5) is 29.1. The lowest BCUT2D eigenvalue weighted by Crippen LogP contribution is -2.47. The van der Waals surface area contributed by atoms with E-state index in [1.807, 2.05) is 29.3 Å². The number of rotatable bonds is 5. The zero-order valence-electron chi connectivity index (χ0n) is 23.0. The molecular formula is C29H27N9O3S. The van der Waals surface area contributed by atoms with Crippen molar-refractivity contribution in [1.29, 1.82) is 0 Å². The lowest BCUT2D eigenvalue weighted by Gasteiger charge is -2.32. The van der Waals surface area contributed by atoms with Crippen LogP contribution in [-0.2, 0) is 17.1 Å². The molecule has 1 aliphatic heterocycles. The lowest BCUT2D eigenvalue weighted by atomic mass is 10.0. The summed E-state index contributed by atoms with van der Waals surface area (Å²) in [6, 6.07) is 12.7. The van der Waals surface area contributed by atoms with Crippen LogP contribution in [0.5, 0.6) is 0 Å². The van der Waals surface area contributed by atoms with Crippen LogP contribution in [0, 0.1) is 0 Å². The Bertz CT molecular complexity index is 2070. The maximum atomic E-state index is 13.9. The third-order valence-electron chi connectivity index (χ3n) is 7.64. The Kier molecular flexibility index (Phi) is 6.13. The number of hydrogen-bond acceptors (Lipinski definition) is 8. The van der Waals surface area contributed by atoms with Crippen molar-refractivity contribution >= 4 is 38.0 Å². The Morgan fingerprint density at radius 3 is 2.40 bits per heavy atom. The van der Waals surface area contributed by atoms with Gasteiger partial charge in [0.25, 0.3) is 15.9 Å². The highest BCUT2D eigenvalue weighted by Gasteiger charge is 2.26. The summed E-state index contributed by atoms with van der Waals surface area (Å²) in [6.45, 7) is 3.11. The fraction of sp³-hybridized carbons (Fsp3) is 0.207. The average molecular weight is 582 g/mol. The third-order valence-corrected chi connectivity index (χ3v) is 9.26. The van der Waals surface area contributed by atoms with Crippen molar-refractivity contribution in [2.75, 3.05) is 33.2 Å². The number of carbonyl (C=O) groups excluding carboxylic acids is 1. The minimum absolute atomic E-state index is 0.00832. The monoisotopic (exact) mass is 581 g/mol. The summed E-state index contributed by atoms with van der Waals surface area (Å²) in [6.07, 6.45) is 8.07. The maximum Gasteiger partial charge on any atom is 0.287 e. The Balaban J connectivity index is 1.22. The number of carbonyl (C=O) groups is 1. The number of piperazine rings is 1. The number of nitrogens with zero attached hydrogens (tertiary/aromatic N) is 8. The van der Waals surface area contributed by atoms with Gasteiger partial charge in [-0.25, -0.2) is 9.97 Å². The predicted octanol–water partition coefficient (Wildman–Crippen LogP) is 3.00. The number of H-pyrrole nitrogens is 1. The number of likely N-dealkylation sites (N-methyl/N-ethyl adjacent to an activating group) is 1. The third kappa shape index (κ3) is 4.43. The van der Waals surface area contributed by atoms with E-state index in [9.17, 15) is 13.2 Å². The number of fused-ring (bicyclic) bond motifs is 2. The molecule has 12 nitrogen and oxygen atoms in total. The van der Waals surface area contributed by atoms with E-state index in [1.54, 1.807) is 48.4 Å². The SMILES string of the molecule is CN1CCN(C(=O)c2ccc(-c3cnc4[nH]cc(S(=O)(=O)n5ncc6ccc(-c7cnn(C)c7)nc65)c4c3)cc2)CC1. The van der Waals surface area contributed by atoms with E-state index in [-0.39, 0.29) is 16.4 Å². The second-order valence-corrected chi connectivity index (χ2v) is 12.2. The van der Waals surface area contributed by atoms with Gasteiger partial charge in [0.15, 0.2) is 5.65 Å². The fourth-order valence-electron chi connectivity index (χ4n) is 5.21. The minimum Gasteiger partial charge on any atom is -0.345 e. The Labute approximate surface area is 241 Å². The molecule has 0 saturated carbocycles. The smallest absolute Gasteiger partial charge is 0.287 e. The number of amides is 1. The molecule has 5 aromatic heterocycles. The van der Waals surface area contributed by atoms with Gasteiger partial charge in [-0.05, 0) is 42.9 Å². The summed E-state index contributed by atoms with van der Waals surface area (Å²) >= 11 is 0. The first-order valence-electron chi connectivity index (χ1n) is 13.4. The molecule has 0 bridgehead atoms. The molecule has 0 radical (unpaired) electrons. The van der Waals surface area contributed by atoms with Gasteiger partial charge in [0.1, 0.15) is 10.5 Å². The van der Waals surface area contributed by atoms with Crippen LogP contribution in [0.3, 0.4) is 0 Å². The van der Waals surface area contributed by atoms with Crippen molar-refractivity contribution in [2.24, 2.45) is 7.05 Å². The molecule has 0 unspecified atom stereocenters. The van der Waals surface area contributed by atoms with Crippen molar-refractivity contribution in [3.8, 4) is 22.4 Å². The van der Waals surface area contributed by atoms with Crippen LogP contribution in [0.25, 0.3) is 44.5 Å². The molecule has 0 spiro atoms. The van der Waals surface area contributed by atoms with Gasteiger partial charge >= 0.3 is 0 Å². The van der Waals surface area contributed by atoms with Gasteiger partial charge < -0.3 is 14.8 Å². The molecule has 6 heterocycles. The van der Waals surface area contributed by atoms with Gasteiger partial charge in [-0.2, -0.15) is 18.6 Å². The first kappa shape index (κ1) is 26.0. The van der Waals surface area contributed by atoms with Crippen molar-refractivity contribution in [2.45, 2.75) is 4.90 Å². The van der Waals surface area contributed by atoms with E-state index in [0.717, 1.165) is 33.9 Å². The van der Waals surface area contributed by atoms with Crippen molar-refractivity contribution in [1.82, 2.24) is 43.7 Å². The molecule has 6 aromatic rings. The average Bonchev–Trinajstić information content (AvgIpc) is 3.75. The molecule has 0 atom stereocenters. The molecule has 1 fully saturated rings. The van der Waals surface area contributed by atoms with E-state index >= 15 is 0 Å². The minimum atomic E-state index is -4.14. The van der Waals surface area contributed by atoms with Crippen LogP contribution in [0.2, 0.25) is 0 Å². The van der Waals surface area contributed by atoms with Crippen molar-refractivity contribution in [3.05, 3.63) is 79.0 Å². The molecule has 212 valence electrons. The maximum absolute atomic E-state index is 13.9. The molecule has 7 rings (SSSR count). The van der Waals surface area contributed by atoms with E-state index < -0.39 is 10.0 Å². The van der Waals surface area contributed by atoms with Crippen LogP contribution >= 0.6 is 0 Å². The summed E-state index contributed by atoms with van der Waals surface area (Å²) in [7, 11) is -0.279. The Hall–Kier alpha value is -4.88. The molecular weight excluding hydrogens is 554 g/mol. The number of pyridine rings is 2. The predicted molar refractivity (Wildman–Crippen MR) is 157 cm³/mol. The highest BCUT2D eigenvalue weighted by molar-refractivity contribution is 7.90. The number of nitrogens with one attached hydrogen (secondary N) is 1. The quantitative estimate of drug-likeness (QED) is 0.328. The Morgan fingerprint density at radius 1 is 0.881 bits per heavy atom. The first-order chi connectivity index (χ1) is 20.3. The zero-order chi connectivity index (χ0) is 29.0. The van der Waals surface area contributed by atoms with Gasteiger partial charge in [-0.3, -0.25) is 9.48 Å². The molecule has 0 aliphatic carbocycles. The zero-order valence-corrected chi connectivity index (χ0v) is 23.8. The van der Waals surface area contributed by atoms with Gasteiger partial charge in [0.2, 0.25) is 0 Å². The van der Waals surface area contributed by atoms with Gasteiger partial charge in [0, 0.05) is 79.3 Å². The summed E-state index contributed by atoms with van der Waals surface area (Å²) in [5, 5.41) is 9.39. The molecule has 13 heteroatoms. The highest BCUT2D eigenvalue weighted by Crippen LogP contribution is 2.30. The first-order valence-corrected chi connectivity index (χ1v) is 14.9. The number of aromatic amines is 1. The van der Waals surface area contributed by atoms with Crippen LogP contribution in [0.1, 0.15) is 10.4 Å². The number of aromatic nitrogens is 7. The van der Waals surface area contributed by atoms with Crippen LogP contribution < -0.4 is 0 Å². The number of aryl methyl sites for hydroxylation is 1. The van der Waals surface area contributed by atoms with Gasteiger partial charge in [-0.15, -0.1) is 4.09 Å². The molecule has 1 aliphatic rings. The topological polar surface area (TPSA) is 135 Å². The normalized spacial score (nSPS) is 14.7. The van der Waals surface area contributed by atoms with Gasteiger partial charge in [-0.1, -0.05) is 12.1 Å². The number of hydrogen-bond donors (Lipinski definition) is 1. The van der Waals surface area contributed by atoms with E-state index in [1.165, 1.54) is 12.4 Å². The second kappa shape index (κ2) is 9.89. The van der Waals surface area contributed by atoms with Crippen LogP contribution in [0.4, 0.5) is 0 Å². The fourth-order valence-corrected chi connectivity index (χ4v) is 6.59. The molecule has 1 saturated heterocycles. The van der Waals surface area contributed by atoms with E-state index in [4.69, 9.17) is 0 Å². The molecule has 42 heavy (non-hydrogen) atoms. The lowest BCUT2D eigenvalue weighted by molar-refractivity contribution is 0.0664. The molecule has 1 N–H and O–H groups in total. The summed E-state index contributed by atoms with van der Waals surface area (Å²) in [5.41, 5.74) is 4.16. The Morgan fingerprint density at radius 2 is 1.67 bits per heavy atom. The highest BCUT2D eigenvalue weighted by atomic mass is 32.2. The van der Waals surface area contributed by atoms with Gasteiger partial charge in [0.05, 0.1) is 18.1 Å². The van der Waals surface area contributed by atoms with Crippen molar-refractivity contribution < 1.29 is 13.2 Å². The molecule has 1 amide bonds. The van der Waals surface area contributed by atoms with E-state index in [2.05, 4.69) is 37.1 Å². The standard InChI is InChI=1S/C29H27N9O3S/c1-35-9-11-37(12-10-35)29(39)20-5-3-19(4-6-20)22-13-24-26(17-31-27(24)30-14-22)42(40,41)38-28-21(15-33-38)7-8-25(34-28)23-16-32-36(2)18-23/h3-8,13-18H,9-12H2,1-2H3,(H,30,31). The second-order valence-electron chi connectivity index (χ2n) is 10.5.